The summed E-state index contributed by atoms with van der Waals surface area (Å²) in [6.45, 7) is 7.40. The monoisotopic (exact) mass is 449 g/mol. The molecule has 33 heavy (non-hydrogen) atoms. The average Bonchev–Trinajstić information content (AvgIpc) is 3.42. The van der Waals surface area contributed by atoms with Crippen LogP contribution in [0.2, 0.25) is 0 Å². The van der Waals surface area contributed by atoms with Crippen molar-refractivity contribution in [1.29, 1.82) is 0 Å². The molecule has 174 valence electrons. The van der Waals surface area contributed by atoms with Gasteiger partial charge in [0.2, 0.25) is 0 Å². The SMILES string of the molecule is CCOc1ccc(/C(O)=C2/C(=O)C(=O)N(CC3CCCO3)C2c2ccc(CC)cc2)cc1C. The predicted octanol–water partition coefficient (Wildman–Crippen LogP) is 4.56. The summed E-state index contributed by atoms with van der Waals surface area (Å²) in [6, 6.07) is 12.5. The zero-order chi connectivity index (χ0) is 23.5. The maximum absolute atomic E-state index is 13.2. The number of Topliss-reactive ketones (excluding diaryl/α,β-unsaturated/α-hetero) is 1. The van der Waals surface area contributed by atoms with Gasteiger partial charge in [0.25, 0.3) is 11.7 Å². The normalized spacial score (nSPS) is 22.2. The van der Waals surface area contributed by atoms with Crippen molar-refractivity contribution < 1.29 is 24.2 Å². The molecule has 4 rings (SSSR count). The highest BCUT2D eigenvalue weighted by Gasteiger charge is 2.47. The van der Waals surface area contributed by atoms with E-state index < -0.39 is 17.7 Å². The van der Waals surface area contributed by atoms with Crippen molar-refractivity contribution in [1.82, 2.24) is 4.90 Å². The molecule has 0 radical (unpaired) electrons. The van der Waals surface area contributed by atoms with E-state index in [2.05, 4.69) is 6.92 Å². The number of likely N-dealkylation sites (tertiary alicyclic amines) is 1. The van der Waals surface area contributed by atoms with Gasteiger partial charge in [-0.1, -0.05) is 31.2 Å². The second-order valence-corrected chi connectivity index (χ2v) is 8.59. The van der Waals surface area contributed by atoms with Crippen LogP contribution in [0.25, 0.3) is 5.76 Å². The van der Waals surface area contributed by atoms with E-state index in [4.69, 9.17) is 9.47 Å². The number of aryl methyl sites for hydroxylation is 2. The minimum atomic E-state index is -0.665. The minimum Gasteiger partial charge on any atom is -0.507 e. The number of carbonyl (C=O) groups is 2. The van der Waals surface area contributed by atoms with E-state index >= 15 is 0 Å². The molecule has 0 aliphatic carbocycles. The zero-order valence-corrected chi connectivity index (χ0v) is 19.5. The van der Waals surface area contributed by atoms with Crippen molar-refractivity contribution in [3.63, 3.8) is 0 Å². The Labute approximate surface area is 194 Å². The van der Waals surface area contributed by atoms with Gasteiger partial charge in [-0.25, -0.2) is 0 Å². The van der Waals surface area contributed by atoms with Crippen LogP contribution >= 0.6 is 0 Å². The fourth-order valence-corrected chi connectivity index (χ4v) is 4.63. The summed E-state index contributed by atoms with van der Waals surface area (Å²) < 4.78 is 11.4. The van der Waals surface area contributed by atoms with Crippen LogP contribution < -0.4 is 4.74 Å². The lowest BCUT2D eigenvalue weighted by molar-refractivity contribution is -0.140. The number of carbonyl (C=O) groups excluding carboxylic acids is 2. The van der Waals surface area contributed by atoms with Gasteiger partial charge in [0.05, 0.1) is 24.3 Å². The number of ether oxygens (including phenoxy) is 2. The average molecular weight is 450 g/mol. The van der Waals surface area contributed by atoms with Crippen molar-refractivity contribution >= 4 is 17.4 Å². The fraction of sp³-hybridized carbons (Fsp3) is 0.407. The molecule has 1 amide bonds. The smallest absolute Gasteiger partial charge is 0.295 e. The van der Waals surface area contributed by atoms with Crippen LogP contribution in [0.5, 0.6) is 5.75 Å². The number of hydrogen-bond donors (Lipinski definition) is 1. The molecule has 2 saturated heterocycles. The minimum absolute atomic E-state index is 0.103. The first-order chi connectivity index (χ1) is 15.9. The molecule has 6 heteroatoms. The molecule has 2 aliphatic rings. The summed E-state index contributed by atoms with van der Waals surface area (Å²) in [4.78, 5) is 27.9. The van der Waals surface area contributed by atoms with Gasteiger partial charge in [-0.3, -0.25) is 9.59 Å². The van der Waals surface area contributed by atoms with Crippen molar-refractivity contribution in [2.24, 2.45) is 0 Å². The number of aliphatic hydroxyl groups excluding tert-OH is 1. The summed E-state index contributed by atoms with van der Waals surface area (Å²) in [5.74, 6) is -0.709. The van der Waals surface area contributed by atoms with Crippen LogP contribution in [0.1, 0.15) is 55.0 Å². The van der Waals surface area contributed by atoms with E-state index in [0.717, 1.165) is 41.7 Å². The topological polar surface area (TPSA) is 76.1 Å². The first kappa shape index (κ1) is 23.1. The second kappa shape index (κ2) is 9.79. The highest BCUT2D eigenvalue weighted by atomic mass is 16.5. The lowest BCUT2D eigenvalue weighted by Crippen LogP contribution is -2.36. The third kappa shape index (κ3) is 4.53. The Morgan fingerprint density at radius 3 is 2.52 bits per heavy atom. The molecule has 0 spiro atoms. The van der Waals surface area contributed by atoms with Crippen LogP contribution in [-0.4, -0.2) is 47.6 Å². The van der Waals surface area contributed by atoms with Crippen LogP contribution in [-0.2, 0) is 20.7 Å². The number of amides is 1. The van der Waals surface area contributed by atoms with Crippen molar-refractivity contribution in [3.05, 3.63) is 70.3 Å². The van der Waals surface area contributed by atoms with Crippen LogP contribution in [0, 0.1) is 6.92 Å². The van der Waals surface area contributed by atoms with Crippen LogP contribution in [0.15, 0.2) is 48.0 Å². The summed E-state index contributed by atoms with van der Waals surface area (Å²) in [6.07, 6.45) is 2.58. The first-order valence-corrected chi connectivity index (χ1v) is 11.7. The highest BCUT2D eigenvalue weighted by Crippen LogP contribution is 2.40. The van der Waals surface area contributed by atoms with Crippen molar-refractivity contribution in [3.8, 4) is 5.75 Å². The van der Waals surface area contributed by atoms with Gasteiger partial charge in [-0.05, 0) is 68.0 Å². The van der Waals surface area contributed by atoms with E-state index in [1.165, 1.54) is 0 Å². The van der Waals surface area contributed by atoms with E-state index in [-0.39, 0.29) is 17.4 Å². The molecule has 2 aromatic carbocycles. The van der Waals surface area contributed by atoms with Gasteiger partial charge in [0.1, 0.15) is 11.5 Å². The zero-order valence-electron chi connectivity index (χ0n) is 19.5. The van der Waals surface area contributed by atoms with Gasteiger partial charge in [-0.15, -0.1) is 0 Å². The molecule has 1 N–H and O–H groups in total. The fourth-order valence-electron chi connectivity index (χ4n) is 4.63. The number of benzene rings is 2. The third-order valence-electron chi connectivity index (χ3n) is 6.42. The molecule has 2 unspecified atom stereocenters. The molecule has 0 saturated carbocycles. The van der Waals surface area contributed by atoms with Gasteiger partial charge >= 0.3 is 0 Å². The van der Waals surface area contributed by atoms with Gasteiger partial charge < -0.3 is 19.5 Å². The molecular weight excluding hydrogens is 418 g/mol. The van der Waals surface area contributed by atoms with Crippen molar-refractivity contribution in [2.45, 2.75) is 52.2 Å². The van der Waals surface area contributed by atoms with E-state index in [1.54, 1.807) is 23.1 Å². The van der Waals surface area contributed by atoms with Gasteiger partial charge in [0.15, 0.2) is 0 Å². The summed E-state index contributed by atoms with van der Waals surface area (Å²) >= 11 is 0. The maximum atomic E-state index is 13.2. The van der Waals surface area contributed by atoms with E-state index in [0.29, 0.717) is 25.3 Å². The Hall–Kier alpha value is -3.12. The molecule has 2 fully saturated rings. The predicted molar refractivity (Wildman–Crippen MR) is 126 cm³/mol. The van der Waals surface area contributed by atoms with Crippen molar-refractivity contribution in [2.75, 3.05) is 19.8 Å². The highest BCUT2D eigenvalue weighted by molar-refractivity contribution is 6.46. The molecular formula is C27H31NO5. The Bertz CT molecular complexity index is 1070. The second-order valence-electron chi connectivity index (χ2n) is 8.59. The standard InChI is InChI=1S/C27H31NO5/c1-4-18-8-10-19(11-9-18)24-23(25(29)20-12-13-22(32-5-2)17(3)15-20)26(30)27(31)28(24)16-21-7-6-14-33-21/h8-13,15,21,24,29H,4-7,14,16H2,1-3H3/b25-23-. The Morgan fingerprint density at radius 2 is 1.91 bits per heavy atom. The first-order valence-electron chi connectivity index (χ1n) is 11.7. The largest absolute Gasteiger partial charge is 0.507 e. The maximum Gasteiger partial charge on any atom is 0.295 e. The molecule has 0 bridgehead atoms. The van der Waals surface area contributed by atoms with Gasteiger partial charge in [0, 0.05) is 18.7 Å². The molecule has 6 nitrogen and oxygen atoms in total. The number of hydrogen-bond acceptors (Lipinski definition) is 5. The summed E-state index contributed by atoms with van der Waals surface area (Å²) in [5, 5.41) is 11.3. The quantitative estimate of drug-likeness (QED) is 0.381. The lowest BCUT2D eigenvalue weighted by Gasteiger charge is -2.27. The van der Waals surface area contributed by atoms with E-state index in [1.807, 2.05) is 38.1 Å². The lowest BCUT2D eigenvalue weighted by atomic mass is 9.94. The molecule has 2 aromatic rings. The Morgan fingerprint density at radius 1 is 1.15 bits per heavy atom. The number of nitrogens with zero attached hydrogens (tertiary/aromatic N) is 1. The van der Waals surface area contributed by atoms with Crippen LogP contribution in [0.3, 0.4) is 0 Å². The third-order valence-corrected chi connectivity index (χ3v) is 6.42. The van der Waals surface area contributed by atoms with Crippen LogP contribution in [0.4, 0.5) is 0 Å². The Balaban J connectivity index is 1.79. The summed E-state index contributed by atoms with van der Waals surface area (Å²) in [7, 11) is 0. The van der Waals surface area contributed by atoms with Gasteiger partial charge in [-0.2, -0.15) is 0 Å². The number of rotatable bonds is 7. The molecule has 0 aromatic heterocycles. The van der Waals surface area contributed by atoms with E-state index in [9.17, 15) is 14.7 Å². The number of aliphatic hydroxyl groups is 1. The number of ketones is 1. The molecule has 2 heterocycles. The summed E-state index contributed by atoms with van der Waals surface area (Å²) in [5.41, 5.74) is 3.41. The molecule has 2 atom stereocenters. The Kier molecular flexibility index (Phi) is 6.84. The molecule has 2 aliphatic heterocycles.